The number of morpholine rings is 1. The van der Waals surface area contributed by atoms with Crippen molar-refractivity contribution in [2.24, 2.45) is 0 Å². The summed E-state index contributed by atoms with van der Waals surface area (Å²) < 4.78 is 19.2. The van der Waals surface area contributed by atoms with Gasteiger partial charge in [-0.2, -0.15) is 0 Å². The Kier molecular flexibility index (Phi) is 3.47. The lowest BCUT2D eigenvalue weighted by atomic mass is 10.0. The maximum Gasteiger partial charge on any atom is 0.283 e. The van der Waals surface area contributed by atoms with Crippen LogP contribution in [0.15, 0.2) is 18.4 Å². The van der Waals surface area contributed by atoms with E-state index in [1.165, 1.54) is 17.4 Å². The van der Waals surface area contributed by atoms with E-state index in [-0.39, 0.29) is 0 Å². The van der Waals surface area contributed by atoms with Crippen molar-refractivity contribution in [2.75, 3.05) is 19.8 Å². The van der Waals surface area contributed by atoms with Gasteiger partial charge in [-0.3, -0.25) is 4.79 Å². The molecule has 1 aromatic heterocycles. The third kappa shape index (κ3) is 2.59. The van der Waals surface area contributed by atoms with Gasteiger partial charge in [0.05, 0.1) is 37.0 Å². The topological polar surface area (TPSA) is 58.2 Å². The Bertz CT molecular complexity index is 454. The molecule has 0 radical (unpaired) electrons. The zero-order chi connectivity index (χ0) is 13.2. The predicted octanol–water partition coefficient (Wildman–Crippen LogP) is 1.36. The molecule has 1 aliphatic heterocycles. The zero-order valence-corrected chi connectivity index (χ0v) is 10.4. The molecule has 1 N–H and O–H groups in total. The number of hydrogen-bond donors (Lipinski definition) is 1. The van der Waals surface area contributed by atoms with Crippen molar-refractivity contribution in [1.29, 1.82) is 0 Å². The van der Waals surface area contributed by atoms with Crippen LogP contribution in [0.25, 0.3) is 6.08 Å². The fourth-order valence-electron chi connectivity index (χ4n) is 1.91. The number of carbonyl (C=O) groups excluding carboxylic acids is 1. The van der Waals surface area contributed by atoms with Crippen LogP contribution in [0.3, 0.4) is 0 Å². The van der Waals surface area contributed by atoms with Crippen LogP contribution in [-0.4, -0.2) is 46.1 Å². The number of nitrogens with zero attached hydrogens (tertiary/aromatic N) is 2. The van der Waals surface area contributed by atoms with Crippen molar-refractivity contribution in [3.05, 3.63) is 24.0 Å². The van der Waals surface area contributed by atoms with Crippen molar-refractivity contribution in [3.63, 3.8) is 0 Å². The average Bonchev–Trinajstić information content (AvgIpc) is 2.80. The van der Waals surface area contributed by atoms with Gasteiger partial charge < -0.3 is 14.6 Å². The van der Waals surface area contributed by atoms with Crippen molar-refractivity contribution in [1.82, 2.24) is 14.9 Å². The SMILES string of the molecule is CC1(C)COCCN1C(=O)/C(F)=C/c1cnc[nH]1. The first-order valence-electron chi connectivity index (χ1n) is 5.76. The molecular formula is C12H16FN3O2. The highest BCUT2D eigenvalue weighted by Gasteiger charge is 2.35. The number of hydrogen-bond acceptors (Lipinski definition) is 3. The zero-order valence-electron chi connectivity index (χ0n) is 10.4. The van der Waals surface area contributed by atoms with Gasteiger partial charge in [0.1, 0.15) is 0 Å². The van der Waals surface area contributed by atoms with Gasteiger partial charge in [-0.05, 0) is 13.8 Å². The summed E-state index contributed by atoms with van der Waals surface area (Å²) in [5.41, 5.74) is -0.0268. The van der Waals surface area contributed by atoms with Gasteiger partial charge in [0, 0.05) is 12.6 Å². The van der Waals surface area contributed by atoms with E-state index in [1.54, 1.807) is 0 Å². The molecule has 18 heavy (non-hydrogen) atoms. The second-order valence-corrected chi connectivity index (χ2v) is 4.82. The van der Waals surface area contributed by atoms with Crippen molar-refractivity contribution < 1.29 is 13.9 Å². The summed E-state index contributed by atoms with van der Waals surface area (Å²) in [4.78, 5) is 20.0. The lowest BCUT2D eigenvalue weighted by Gasteiger charge is -2.41. The highest BCUT2D eigenvalue weighted by Crippen LogP contribution is 2.22. The number of aromatic amines is 1. The van der Waals surface area contributed by atoms with Crippen LogP contribution in [0.5, 0.6) is 0 Å². The van der Waals surface area contributed by atoms with Gasteiger partial charge in [-0.15, -0.1) is 0 Å². The number of halogens is 1. The normalized spacial score (nSPS) is 19.9. The maximum atomic E-state index is 13.9. The molecule has 0 atom stereocenters. The summed E-state index contributed by atoms with van der Waals surface area (Å²) in [7, 11) is 0. The highest BCUT2D eigenvalue weighted by molar-refractivity contribution is 5.95. The monoisotopic (exact) mass is 253 g/mol. The third-order valence-corrected chi connectivity index (χ3v) is 2.90. The summed E-state index contributed by atoms with van der Waals surface area (Å²) >= 11 is 0. The van der Waals surface area contributed by atoms with Crippen molar-refractivity contribution in [2.45, 2.75) is 19.4 Å². The lowest BCUT2D eigenvalue weighted by molar-refractivity contribution is -0.143. The van der Waals surface area contributed by atoms with Crippen LogP contribution in [0.2, 0.25) is 0 Å². The summed E-state index contributed by atoms with van der Waals surface area (Å²) in [6, 6.07) is 0. The lowest BCUT2D eigenvalue weighted by Crippen LogP contribution is -2.55. The standard InChI is InChI=1S/C12H16FN3O2/c1-12(2)7-18-4-3-16(12)11(17)10(13)5-9-6-14-8-15-9/h5-6,8H,3-4,7H2,1-2H3,(H,14,15)/b10-5-. The first-order valence-corrected chi connectivity index (χ1v) is 5.76. The van der Waals surface area contributed by atoms with E-state index < -0.39 is 17.3 Å². The van der Waals surface area contributed by atoms with Gasteiger partial charge in [0.15, 0.2) is 5.83 Å². The van der Waals surface area contributed by atoms with Crippen molar-refractivity contribution in [3.8, 4) is 0 Å². The van der Waals surface area contributed by atoms with E-state index in [4.69, 9.17) is 4.74 Å². The molecule has 0 aliphatic carbocycles. The summed E-state index contributed by atoms with van der Waals surface area (Å²) in [6.07, 6.45) is 4.04. The first-order chi connectivity index (χ1) is 8.50. The van der Waals surface area contributed by atoms with Gasteiger partial charge in [-0.25, -0.2) is 9.37 Å². The summed E-state index contributed by atoms with van der Waals surface area (Å²) in [5, 5.41) is 0. The van der Waals surface area contributed by atoms with Gasteiger partial charge in [0.25, 0.3) is 5.91 Å². The van der Waals surface area contributed by atoms with Gasteiger partial charge in [0.2, 0.25) is 0 Å². The Labute approximate surface area is 105 Å². The van der Waals surface area contributed by atoms with Crippen LogP contribution in [-0.2, 0) is 9.53 Å². The molecule has 2 heterocycles. The van der Waals surface area contributed by atoms with Crippen LogP contribution >= 0.6 is 0 Å². The second-order valence-electron chi connectivity index (χ2n) is 4.82. The molecule has 1 aliphatic rings. The number of carbonyl (C=O) groups is 1. The molecule has 0 bridgehead atoms. The molecule has 0 spiro atoms. The fourth-order valence-corrected chi connectivity index (χ4v) is 1.91. The number of H-pyrrole nitrogens is 1. The van der Waals surface area contributed by atoms with E-state index in [0.717, 1.165) is 6.08 Å². The number of rotatable bonds is 2. The number of ether oxygens (including phenoxy) is 1. The third-order valence-electron chi connectivity index (χ3n) is 2.90. The Morgan fingerprint density at radius 1 is 1.67 bits per heavy atom. The molecule has 1 aromatic rings. The molecule has 1 fully saturated rings. The quantitative estimate of drug-likeness (QED) is 0.809. The van der Waals surface area contributed by atoms with Crippen LogP contribution in [0.1, 0.15) is 19.5 Å². The van der Waals surface area contributed by atoms with E-state index in [9.17, 15) is 9.18 Å². The van der Waals surface area contributed by atoms with Crippen molar-refractivity contribution >= 4 is 12.0 Å². The number of aromatic nitrogens is 2. The molecule has 0 saturated carbocycles. The largest absolute Gasteiger partial charge is 0.377 e. The van der Waals surface area contributed by atoms with Gasteiger partial charge >= 0.3 is 0 Å². The molecular weight excluding hydrogens is 237 g/mol. The smallest absolute Gasteiger partial charge is 0.283 e. The minimum atomic E-state index is -0.797. The maximum absolute atomic E-state index is 13.9. The van der Waals surface area contributed by atoms with E-state index in [1.807, 2.05) is 13.8 Å². The Hall–Kier alpha value is -1.69. The summed E-state index contributed by atoms with van der Waals surface area (Å²) in [6.45, 7) is 4.96. The predicted molar refractivity (Wildman–Crippen MR) is 64.3 cm³/mol. The number of amides is 1. The highest BCUT2D eigenvalue weighted by atomic mass is 19.1. The molecule has 6 heteroatoms. The Balaban J connectivity index is 2.15. The van der Waals surface area contributed by atoms with E-state index in [2.05, 4.69) is 9.97 Å². The fraction of sp³-hybridized carbons (Fsp3) is 0.500. The number of nitrogens with one attached hydrogen (secondary N) is 1. The van der Waals surface area contributed by atoms with Crippen LogP contribution in [0, 0.1) is 0 Å². The molecule has 5 nitrogen and oxygen atoms in total. The molecule has 98 valence electrons. The van der Waals surface area contributed by atoms with Gasteiger partial charge in [-0.1, -0.05) is 0 Å². The molecule has 1 amide bonds. The second kappa shape index (κ2) is 4.89. The van der Waals surface area contributed by atoms with Crippen LogP contribution in [0.4, 0.5) is 4.39 Å². The Morgan fingerprint density at radius 2 is 2.44 bits per heavy atom. The Morgan fingerprint density at radius 3 is 3.06 bits per heavy atom. The molecule has 0 unspecified atom stereocenters. The minimum absolute atomic E-state index is 0.399. The average molecular weight is 253 g/mol. The molecule has 1 saturated heterocycles. The molecule has 0 aromatic carbocycles. The molecule has 2 rings (SSSR count). The summed E-state index contributed by atoms with van der Waals surface area (Å²) in [5.74, 6) is -1.41. The van der Waals surface area contributed by atoms with E-state index in [0.29, 0.717) is 25.5 Å². The number of imidazole rings is 1. The minimum Gasteiger partial charge on any atom is -0.377 e. The van der Waals surface area contributed by atoms with Crippen LogP contribution < -0.4 is 0 Å². The van der Waals surface area contributed by atoms with E-state index >= 15 is 0 Å². The first kappa shape index (κ1) is 12.8.